The first-order valence-corrected chi connectivity index (χ1v) is 6.09. The Labute approximate surface area is 118 Å². The van der Waals surface area contributed by atoms with Crippen LogP contribution in [0.3, 0.4) is 0 Å². The summed E-state index contributed by atoms with van der Waals surface area (Å²) in [7, 11) is 0. The van der Waals surface area contributed by atoms with Gasteiger partial charge in [-0.1, -0.05) is 12.1 Å². The van der Waals surface area contributed by atoms with E-state index in [4.69, 9.17) is 4.74 Å². The molecule has 0 radical (unpaired) electrons. The average molecular weight is 290 g/mol. The van der Waals surface area contributed by atoms with Gasteiger partial charge in [0, 0.05) is 17.6 Å². The smallest absolute Gasteiger partial charge is 0.419 e. The third-order valence-corrected chi connectivity index (χ3v) is 2.88. The first-order valence-electron chi connectivity index (χ1n) is 6.09. The first kappa shape index (κ1) is 13.4. The van der Waals surface area contributed by atoms with Crippen molar-refractivity contribution in [3.8, 4) is 11.6 Å². The van der Waals surface area contributed by atoms with Gasteiger partial charge in [-0.15, -0.1) is 0 Å². The van der Waals surface area contributed by atoms with E-state index < -0.39 is 11.7 Å². The van der Waals surface area contributed by atoms with Crippen molar-refractivity contribution in [3.05, 3.63) is 60.4 Å². The molecule has 0 aliphatic carbocycles. The minimum absolute atomic E-state index is 0.0900. The maximum absolute atomic E-state index is 12.9. The zero-order valence-electron chi connectivity index (χ0n) is 10.6. The molecule has 3 aromatic rings. The Kier molecular flexibility index (Phi) is 3.21. The van der Waals surface area contributed by atoms with Crippen LogP contribution in [-0.2, 0) is 6.18 Å². The molecule has 0 saturated heterocycles. The molecule has 3 rings (SSSR count). The minimum atomic E-state index is -4.48. The molecule has 0 fully saturated rings. The highest BCUT2D eigenvalue weighted by Gasteiger charge is 2.34. The number of para-hydroxylation sites is 1. The van der Waals surface area contributed by atoms with Gasteiger partial charge in [0.1, 0.15) is 5.75 Å². The van der Waals surface area contributed by atoms with Crippen molar-refractivity contribution < 1.29 is 17.9 Å². The van der Waals surface area contributed by atoms with Crippen molar-refractivity contribution in [2.75, 3.05) is 0 Å². The van der Waals surface area contributed by atoms with Gasteiger partial charge in [0.15, 0.2) is 0 Å². The second-order valence-corrected chi connectivity index (χ2v) is 4.31. The van der Waals surface area contributed by atoms with Crippen molar-refractivity contribution in [1.29, 1.82) is 0 Å². The second-order valence-electron chi connectivity index (χ2n) is 4.31. The number of pyridine rings is 2. The third-order valence-electron chi connectivity index (χ3n) is 2.88. The van der Waals surface area contributed by atoms with Crippen molar-refractivity contribution >= 4 is 10.9 Å². The number of nitrogens with zero attached hydrogens (tertiary/aromatic N) is 2. The van der Waals surface area contributed by atoms with Gasteiger partial charge in [-0.25, -0.2) is 4.98 Å². The first-order chi connectivity index (χ1) is 10.0. The maximum Gasteiger partial charge on any atom is 0.419 e. The third kappa shape index (κ3) is 2.79. The quantitative estimate of drug-likeness (QED) is 0.699. The number of benzene rings is 1. The molecule has 6 heteroatoms. The Bertz CT molecular complexity index is 787. The lowest BCUT2D eigenvalue weighted by Crippen LogP contribution is -2.07. The highest BCUT2D eigenvalue weighted by Crippen LogP contribution is 2.37. The molecule has 0 aliphatic rings. The second kappa shape index (κ2) is 5.05. The summed E-state index contributed by atoms with van der Waals surface area (Å²) in [5, 5.41) is 0.835. The van der Waals surface area contributed by atoms with Crippen molar-refractivity contribution in [1.82, 2.24) is 9.97 Å². The topological polar surface area (TPSA) is 35.0 Å². The number of ether oxygens (including phenoxy) is 1. The van der Waals surface area contributed by atoms with Crippen LogP contribution in [0.2, 0.25) is 0 Å². The molecule has 0 saturated carbocycles. The Morgan fingerprint density at radius 2 is 1.76 bits per heavy atom. The number of hydrogen-bond donors (Lipinski definition) is 0. The van der Waals surface area contributed by atoms with E-state index in [1.165, 1.54) is 30.5 Å². The number of hydrogen-bond acceptors (Lipinski definition) is 3. The van der Waals surface area contributed by atoms with Crippen LogP contribution < -0.4 is 4.74 Å². The summed E-state index contributed by atoms with van der Waals surface area (Å²) in [5.74, 6) is -0.187. The summed E-state index contributed by atoms with van der Waals surface area (Å²) in [5.41, 5.74) is -0.280. The number of rotatable bonds is 2. The summed E-state index contributed by atoms with van der Waals surface area (Å²) in [4.78, 5) is 8.06. The molecule has 0 amide bonds. The fourth-order valence-corrected chi connectivity index (χ4v) is 1.91. The lowest BCUT2D eigenvalue weighted by Gasteiger charge is -2.12. The number of aromatic nitrogens is 2. The Morgan fingerprint density at radius 1 is 0.952 bits per heavy atom. The molecule has 1 aromatic carbocycles. The molecular weight excluding hydrogens is 281 g/mol. The van der Waals surface area contributed by atoms with Crippen molar-refractivity contribution in [2.45, 2.75) is 6.18 Å². The van der Waals surface area contributed by atoms with Gasteiger partial charge in [0.05, 0.1) is 17.3 Å². The fraction of sp³-hybridized carbons (Fsp3) is 0.0667. The fourth-order valence-electron chi connectivity index (χ4n) is 1.91. The van der Waals surface area contributed by atoms with Gasteiger partial charge in [-0.2, -0.15) is 13.2 Å². The van der Waals surface area contributed by atoms with Gasteiger partial charge >= 0.3 is 6.18 Å². The van der Waals surface area contributed by atoms with E-state index in [0.717, 1.165) is 11.5 Å². The van der Waals surface area contributed by atoms with E-state index in [0.29, 0.717) is 5.52 Å². The molecule has 0 bridgehead atoms. The molecule has 21 heavy (non-hydrogen) atoms. The molecule has 0 aliphatic heterocycles. The lowest BCUT2D eigenvalue weighted by atomic mass is 10.2. The summed E-state index contributed by atoms with van der Waals surface area (Å²) >= 11 is 0. The van der Waals surface area contributed by atoms with E-state index in [9.17, 15) is 13.2 Å². The highest BCUT2D eigenvalue weighted by molar-refractivity contribution is 5.77. The van der Waals surface area contributed by atoms with E-state index in [1.54, 1.807) is 18.3 Å². The molecule has 3 nitrogen and oxygen atoms in total. The molecule has 0 N–H and O–H groups in total. The summed E-state index contributed by atoms with van der Waals surface area (Å²) in [6.07, 6.45) is -1.34. The van der Waals surface area contributed by atoms with Crippen LogP contribution in [0.25, 0.3) is 10.9 Å². The molecule has 0 unspecified atom stereocenters. The van der Waals surface area contributed by atoms with E-state index in [2.05, 4.69) is 9.97 Å². The van der Waals surface area contributed by atoms with Crippen LogP contribution in [0.15, 0.2) is 54.9 Å². The lowest BCUT2D eigenvalue weighted by molar-refractivity contribution is -0.138. The molecule has 2 heterocycles. The van der Waals surface area contributed by atoms with E-state index >= 15 is 0 Å². The van der Waals surface area contributed by atoms with Crippen LogP contribution >= 0.6 is 0 Å². The largest absolute Gasteiger partial charge is 0.438 e. The predicted molar refractivity (Wildman–Crippen MR) is 71.1 cm³/mol. The maximum atomic E-state index is 12.9. The van der Waals surface area contributed by atoms with Crippen LogP contribution in [-0.4, -0.2) is 9.97 Å². The van der Waals surface area contributed by atoms with Gasteiger partial charge in [-0.3, -0.25) is 4.98 Å². The average Bonchev–Trinajstić information content (AvgIpc) is 2.46. The molecule has 106 valence electrons. The number of halogens is 3. The summed E-state index contributed by atoms with van der Waals surface area (Å²) in [6.45, 7) is 0. The van der Waals surface area contributed by atoms with Gasteiger partial charge in [0.25, 0.3) is 0 Å². The minimum Gasteiger partial charge on any atom is -0.438 e. The van der Waals surface area contributed by atoms with E-state index in [-0.39, 0.29) is 11.6 Å². The van der Waals surface area contributed by atoms with Gasteiger partial charge < -0.3 is 4.74 Å². The Morgan fingerprint density at radius 3 is 2.57 bits per heavy atom. The molecule has 2 aromatic heterocycles. The molecule has 0 atom stereocenters. The summed E-state index contributed by atoms with van der Waals surface area (Å²) in [6, 6.07) is 10.0. The SMILES string of the molecule is FC(F)(F)c1ccccc1Oc1ccc2ccncc2n1. The van der Waals surface area contributed by atoms with Gasteiger partial charge in [0.2, 0.25) is 5.88 Å². The monoisotopic (exact) mass is 290 g/mol. The number of fused-ring (bicyclic) bond motifs is 1. The van der Waals surface area contributed by atoms with Gasteiger partial charge in [-0.05, 0) is 24.3 Å². The normalized spacial score (nSPS) is 11.6. The van der Waals surface area contributed by atoms with Crippen LogP contribution in [0.5, 0.6) is 11.6 Å². The van der Waals surface area contributed by atoms with Crippen LogP contribution in [0.4, 0.5) is 13.2 Å². The summed E-state index contributed by atoms with van der Waals surface area (Å²) < 4.78 is 44.0. The zero-order valence-corrected chi connectivity index (χ0v) is 10.6. The predicted octanol–water partition coefficient (Wildman–Crippen LogP) is 4.44. The number of alkyl halides is 3. The van der Waals surface area contributed by atoms with Crippen LogP contribution in [0.1, 0.15) is 5.56 Å². The zero-order chi connectivity index (χ0) is 14.9. The molecular formula is C15H9F3N2O. The van der Waals surface area contributed by atoms with Crippen molar-refractivity contribution in [2.24, 2.45) is 0 Å². The van der Waals surface area contributed by atoms with Crippen LogP contribution in [0, 0.1) is 0 Å². The standard InChI is InChI=1S/C15H9F3N2O/c16-15(17,18)11-3-1-2-4-13(11)21-14-6-5-10-7-8-19-9-12(10)20-14/h1-9H. The Hall–Kier alpha value is -2.63. The highest BCUT2D eigenvalue weighted by atomic mass is 19.4. The molecule has 0 spiro atoms. The van der Waals surface area contributed by atoms with E-state index in [1.807, 2.05) is 0 Å². The van der Waals surface area contributed by atoms with Crippen molar-refractivity contribution in [3.63, 3.8) is 0 Å². The Balaban J connectivity index is 1.99.